The van der Waals surface area contributed by atoms with Crippen molar-refractivity contribution >= 4 is 23.2 Å². The molecule has 2 rings (SSSR count). The molecular formula is C12H17N7O2. The van der Waals surface area contributed by atoms with Crippen molar-refractivity contribution in [3.8, 4) is 0 Å². The first-order valence-corrected chi connectivity index (χ1v) is 6.40. The third kappa shape index (κ3) is 3.19. The summed E-state index contributed by atoms with van der Waals surface area (Å²) in [6.45, 7) is 2.49. The number of anilines is 2. The lowest BCUT2D eigenvalue weighted by molar-refractivity contribution is -0.121. The maximum absolute atomic E-state index is 12.2. The number of nitrogens with one attached hydrogen (secondary N) is 2. The van der Waals surface area contributed by atoms with Crippen LogP contribution in [-0.2, 0) is 17.9 Å². The summed E-state index contributed by atoms with van der Waals surface area (Å²) in [6, 6.07) is 0. The van der Waals surface area contributed by atoms with Crippen LogP contribution in [0.4, 0.5) is 11.4 Å². The summed E-state index contributed by atoms with van der Waals surface area (Å²) in [4.78, 5) is 23.4. The maximum atomic E-state index is 12.2. The molecule has 2 amide bonds. The fourth-order valence-electron chi connectivity index (χ4n) is 1.82. The highest BCUT2D eigenvalue weighted by Gasteiger charge is 2.17. The lowest BCUT2D eigenvalue weighted by Crippen LogP contribution is -2.23. The van der Waals surface area contributed by atoms with Gasteiger partial charge in [-0.15, -0.1) is 0 Å². The molecule has 0 fully saturated rings. The van der Waals surface area contributed by atoms with Crippen molar-refractivity contribution < 1.29 is 9.59 Å². The van der Waals surface area contributed by atoms with Crippen LogP contribution in [-0.4, -0.2) is 38.4 Å². The normalized spacial score (nSPS) is 10.4. The summed E-state index contributed by atoms with van der Waals surface area (Å²) in [6.07, 6.45) is 4.47. The minimum absolute atomic E-state index is 0.0847. The molecule has 2 aromatic rings. The summed E-state index contributed by atoms with van der Waals surface area (Å²) >= 11 is 0. The van der Waals surface area contributed by atoms with Crippen molar-refractivity contribution in [1.29, 1.82) is 0 Å². The van der Waals surface area contributed by atoms with Crippen LogP contribution in [0.3, 0.4) is 0 Å². The van der Waals surface area contributed by atoms with E-state index in [0.29, 0.717) is 23.6 Å². The van der Waals surface area contributed by atoms with E-state index in [2.05, 4.69) is 20.8 Å². The van der Waals surface area contributed by atoms with Gasteiger partial charge in [0.05, 0.1) is 23.8 Å². The van der Waals surface area contributed by atoms with Gasteiger partial charge in [-0.3, -0.25) is 19.0 Å². The number of aromatic nitrogens is 4. The van der Waals surface area contributed by atoms with Crippen molar-refractivity contribution in [2.45, 2.75) is 20.0 Å². The van der Waals surface area contributed by atoms with Crippen LogP contribution in [0.5, 0.6) is 0 Å². The van der Waals surface area contributed by atoms with E-state index < -0.39 is 0 Å². The Labute approximate surface area is 121 Å². The van der Waals surface area contributed by atoms with Crippen LogP contribution in [0.1, 0.15) is 17.4 Å². The lowest BCUT2D eigenvalue weighted by atomic mass is 10.3. The zero-order valence-corrected chi connectivity index (χ0v) is 11.8. The van der Waals surface area contributed by atoms with Crippen LogP contribution in [0.25, 0.3) is 0 Å². The topological polar surface area (TPSA) is 120 Å². The fraction of sp³-hybridized carbons (Fsp3) is 0.333. The van der Waals surface area contributed by atoms with E-state index >= 15 is 0 Å². The van der Waals surface area contributed by atoms with Gasteiger partial charge in [0, 0.05) is 19.8 Å². The van der Waals surface area contributed by atoms with E-state index in [0.717, 1.165) is 0 Å². The number of likely N-dealkylation sites (N-methyl/N-ethyl adjacent to an activating group) is 1. The molecule has 0 aliphatic rings. The summed E-state index contributed by atoms with van der Waals surface area (Å²) < 4.78 is 2.94. The zero-order valence-electron chi connectivity index (χ0n) is 11.8. The lowest BCUT2D eigenvalue weighted by Gasteiger charge is -2.05. The van der Waals surface area contributed by atoms with Gasteiger partial charge in [0.2, 0.25) is 5.91 Å². The number of nitrogen functional groups attached to an aromatic ring is 1. The minimum atomic E-state index is -0.369. The molecule has 2 aromatic heterocycles. The predicted octanol–water partition coefficient (Wildman–Crippen LogP) is -0.320. The summed E-state index contributed by atoms with van der Waals surface area (Å²) in [5, 5.41) is 13.2. The van der Waals surface area contributed by atoms with Gasteiger partial charge in [0.1, 0.15) is 12.2 Å². The molecule has 0 aliphatic heterocycles. The molecule has 0 aliphatic carbocycles. The van der Waals surface area contributed by atoms with Crippen molar-refractivity contribution in [3.05, 3.63) is 24.3 Å². The Hall–Kier alpha value is -2.84. The maximum Gasteiger partial charge on any atom is 0.276 e. The number of amides is 2. The molecule has 0 spiro atoms. The first kappa shape index (κ1) is 14.6. The molecule has 9 nitrogen and oxygen atoms in total. The number of rotatable bonds is 5. The SMILES string of the molecule is CCn1ncc(N)c1C(=O)Nc1cnn(CC(=O)NC)c1. The van der Waals surface area contributed by atoms with Gasteiger partial charge in [0.25, 0.3) is 5.91 Å². The monoisotopic (exact) mass is 291 g/mol. The molecule has 2 heterocycles. The second-order valence-electron chi connectivity index (χ2n) is 4.32. The third-order valence-corrected chi connectivity index (χ3v) is 2.86. The average Bonchev–Trinajstić information content (AvgIpc) is 3.05. The quantitative estimate of drug-likeness (QED) is 0.697. The Morgan fingerprint density at radius 3 is 2.76 bits per heavy atom. The molecule has 21 heavy (non-hydrogen) atoms. The van der Waals surface area contributed by atoms with Crippen molar-refractivity contribution in [2.24, 2.45) is 0 Å². The molecule has 0 saturated carbocycles. The average molecular weight is 291 g/mol. The second-order valence-corrected chi connectivity index (χ2v) is 4.32. The fourth-order valence-corrected chi connectivity index (χ4v) is 1.82. The van der Waals surface area contributed by atoms with Crippen molar-refractivity contribution in [2.75, 3.05) is 18.1 Å². The number of hydrogen-bond donors (Lipinski definition) is 3. The summed E-state index contributed by atoms with van der Waals surface area (Å²) in [5.74, 6) is -0.546. The number of hydrogen-bond acceptors (Lipinski definition) is 5. The van der Waals surface area contributed by atoms with E-state index in [1.807, 2.05) is 6.92 Å². The first-order valence-electron chi connectivity index (χ1n) is 6.40. The van der Waals surface area contributed by atoms with Crippen LogP contribution in [0, 0.1) is 0 Å². The molecule has 112 valence electrons. The van der Waals surface area contributed by atoms with Crippen LogP contribution in [0.2, 0.25) is 0 Å². The van der Waals surface area contributed by atoms with E-state index in [9.17, 15) is 9.59 Å². The Balaban J connectivity index is 2.09. The van der Waals surface area contributed by atoms with E-state index in [4.69, 9.17) is 5.73 Å². The summed E-state index contributed by atoms with van der Waals surface area (Å²) in [5.41, 5.74) is 6.84. The standard InChI is InChI=1S/C12H17N7O2/c1-3-19-11(9(13)5-16-19)12(21)17-8-4-15-18(6-8)7-10(20)14-2/h4-6H,3,7,13H2,1-2H3,(H,14,20)(H,17,21). The number of nitrogens with zero attached hydrogens (tertiary/aromatic N) is 4. The third-order valence-electron chi connectivity index (χ3n) is 2.86. The second kappa shape index (κ2) is 6.07. The Morgan fingerprint density at radius 1 is 1.33 bits per heavy atom. The summed E-state index contributed by atoms with van der Waals surface area (Å²) in [7, 11) is 1.54. The molecule has 0 aromatic carbocycles. The molecule has 0 unspecified atom stereocenters. The smallest absolute Gasteiger partial charge is 0.276 e. The molecule has 0 atom stereocenters. The molecule has 9 heteroatoms. The minimum Gasteiger partial charge on any atom is -0.396 e. The Kier molecular flexibility index (Phi) is 4.21. The highest BCUT2D eigenvalue weighted by molar-refractivity contribution is 6.06. The predicted molar refractivity (Wildman–Crippen MR) is 76.6 cm³/mol. The van der Waals surface area contributed by atoms with Gasteiger partial charge in [-0.05, 0) is 6.92 Å². The molecule has 4 N–H and O–H groups in total. The van der Waals surface area contributed by atoms with Crippen LogP contribution < -0.4 is 16.4 Å². The Morgan fingerprint density at radius 2 is 2.10 bits per heavy atom. The first-order chi connectivity index (χ1) is 10.0. The van der Waals surface area contributed by atoms with E-state index in [1.54, 1.807) is 13.2 Å². The highest BCUT2D eigenvalue weighted by Crippen LogP contribution is 2.14. The molecule has 0 radical (unpaired) electrons. The highest BCUT2D eigenvalue weighted by atomic mass is 16.2. The van der Waals surface area contributed by atoms with Crippen LogP contribution in [0.15, 0.2) is 18.6 Å². The molecule has 0 bridgehead atoms. The van der Waals surface area contributed by atoms with Gasteiger partial charge < -0.3 is 16.4 Å². The number of carbonyl (C=O) groups is 2. The largest absolute Gasteiger partial charge is 0.396 e. The number of carbonyl (C=O) groups excluding carboxylic acids is 2. The van der Waals surface area contributed by atoms with Gasteiger partial charge >= 0.3 is 0 Å². The number of aryl methyl sites for hydroxylation is 1. The molecular weight excluding hydrogens is 274 g/mol. The Bertz CT molecular complexity index is 658. The van der Waals surface area contributed by atoms with Gasteiger partial charge in [-0.2, -0.15) is 10.2 Å². The zero-order chi connectivity index (χ0) is 15.4. The van der Waals surface area contributed by atoms with Gasteiger partial charge in [-0.1, -0.05) is 0 Å². The van der Waals surface area contributed by atoms with E-state index in [-0.39, 0.29) is 18.4 Å². The van der Waals surface area contributed by atoms with Crippen LogP contribution >= 0.6 is 0 Å². The van der Waals surface area contributed by atoms with Gasteiger partial charge in [0.15, 0.2) is 0 Å². The number of nitrogens with two attached hydrogens (primary N) is 1. The molecule has 0 saturated heterocycles. The van der Waals surface area contributed by atoms with Crippen molar-refractivity contribution in [3.63, 3.8) is 0 Å². The van der Waals surface area contributed by atoms with Crippen molar-refractivity contribution in [1.82, 2.24) is 24.9 Å². The van der Waals surface area contributed by atoms with Gasteiger partial charge in [-0.25, -0.2) is 0 Å². The van der Waals surface area contributed by atoms with E-state index in [1.165, 1.54) is 21.8 Å².